The fraction of sp³-hybridized carbons (Fsp3) is 0.500. The number of benzene rings is 1. The van der Waals surface area contributed by atoms with Crippen LogP contribution >= 0.6 is 11.3 Å². The minimum atomic E-state index is -0.0812. The number of anilines is 2. The molecule has 2 aliphatic rings. The quantitative estimate of drug-likeness (QED) is 0.659. The Balaban J connectivity index is 1.46. The number of carbonyl (C=O) groups excluding carboxylic acids is 1. The summed E-state index contributed by atoms with van der Waals surface area (Å²) in [5.41, 5.74) is 8.41. The number of hydrazine groups is 1. The summed E-state index contributed by atoms with van der Waals surface area (Å²) in [7, 11) is 0. The number of aromatic nitrogens is 2. The van der Waals surface area contributed by atoms with Crippen LogP contribution in [0.1, 0.15) is 26.7 Å². The fourth-order valence-corrected chi connectivity index (χ4v) is 4.81. The number of nitrogens with zero attached hydrogens (tertiary/aromatic N) is 2. The molecule has 7 nitrogen and oxygen atoms in total. The van der Waals surface area contributed by atoms with Crippen LogP contribution in [-0.2, 0) is 4.79 Å². The van der Waals surface area contributed by atoms with E-state index in [0.717, 1.165) is 34.4 Å². The highest BCUT2D eigenvalue weighted by atomic mass is 32.1. The standard InChI is InChI=1S/C18H24N6OS/c1-10-14-9-19-22-16(14)7-6-15(10)21-18-24-23-17(26-18)12-4-3-5-13(8-12)20-11(2)25/h3-5,8,10,14-16,19,22H,6-7,9H2,1-2H3,(H,20,25)(H,21,24). The Morgan fingerprint density at radius 2 is 2.19 bits per heavy atom. The molecule has 4 N–H and O–H groups in total. The number of hydrogen-bond donors (Lipinski definition) is 4. The average molecular weight is 372 g/mol. The molecule has 1 saturated heterocycles. The van der Waals surface area contributed by atoms with E-state index in [-0.39, 0.29) is 5.91 Å². The SMILES string of the molecule is CC(=O)Nc1cccc(-c2nnc(NC3CCC4NNCC4C3C)s2)c1. The molecular weight excluding hydrogens is 348 g/mol. The molecule has 1 amide bonds. The molecule has 26 heavy (non-hydrogen) atoms. The van der Waals surface area contributed by atoms with Crippen molar-refractivity contribution in [3.05, 3.63) is 24.3 Å². The van der Waals surface area contributed by atoms with Gasteiger partial charge in [-0.25, -0.2) is 0 Å². The first-order chi connectivity index (χ1) is 12.6. The largest absolute Gasteiger partial charge is 0.357 e. The second kappa shape index (κ2) is 7.30. The van der Waals surface area contributed by atoms with Crippen molar-refractivity contribution in [3.63, 3.8) is 0 Å². The Morgan fingerprint density at radius 3 is 3.04 bits per heavy atom. The van der Waals surface area contributed by atoms with Crippen LogP contribution in [0.15, 0.2) is 24.3 Å². The van der Waals surface area contributed by atoms with Gasteiger partial charge in [0.15, 0.2) is 0 Å². The predicted molar refractivity (Wildman–Crippen MR) is 104 cm³/mol. The first kappa shape index (κ1) is 17.4. The normalized spacial score (nSPS) is 27.8. The van der Waals surface area contributed by atoms with Crippen LogP contribution in [0.3, 0.4) is 0 Å². The third-order valence-electron chi connectivity index (χ3n) is 5.40. The van der Waals surface area contributed by atoms with Gasteiger partial charge in [-0.3, -0.25) is 15.6 Å². The van der Waals surface area contributed by atoms with E-state index in [2.05, 4.69) is 38.6 Å². The molecule has 1 aromatic carbocycles. The van der Waals surface area contributed by atoms with Gasteiger partial charge in [-0.15, -0.1) is 10.2 Å². The predicted octanol–water partition coefficient (Wildman–Crippen LogP) is 2.47. The van der Waals surface area contributed by atoms with Crippen molar-refractivity contribution in [1.82, 2.24) is 21.0 Å². The van der Waals surface area contributed by atoms with Crippen molar-refractivity contribution in [1.29, 1.82) is 0 Å². The summed E-state index contributed by atoms with van der Waals surface area (Å²) in [4.78, 5) is 11.2. The van der Waals surface area contributed by atoms with E-state index in [1.165, 1.54) is 13.3 Å². The Labute approximate surface area is 157 Å². The molecular formula is C18H24N6OS. The first-order valence-electron chi connectivity index (χ1n) is 9.06. The molecule has 1 aliphatic heterocycles. The van der Waals surface area contributed by atoms with Crippen molar-refractivity contribution in [2.24, 2.45) is 11.8 Å². The maximum Gasteiger partial charge on any atom is 0.221 e. The zero-order valence-corrected chi connectivity index (χ0v) is 15.8. The highest BCUT2D eigenvalue weighted by Crippen LogP contribution is 2.35. The molecule has 0 bridgehead atoms. The second-order valence-corrected chi connectivity index (χ2v) is 8.13. The summed E-state index contributed by atoms with van der Waals surface area (Å²) in [6, 6.07) is 8.70. The topological polar surface area (TPSA) is 91.0 Å². The average Bonchev–Trinajstić information content (AvgIpc) is 3.27. The van der Waals surface area contributed by atoms with E-state index >= 15 is 0 Å². The van der Waals surface area contributed by atoms with Crippen LogP contribution in [-0.4, -0.2) is 34.7 Å². The van der Waals surface area contributed by atoms with Gasteiger partial charge in [-0.05, 0) is 36.8 Å². The van der Waals surface area contributed by atoms with E-state index in [9.17, 15) is 4.79 Å². The summed E-state index contributed by atoms with van der Waals surface area (Å²) < 4.78 is 0. The molecule has 4 rings (SSSR count). The van der Waals surface area contributed by atoms with Gasteiger partial charge >= 0.3 is 0 Å². The zero-order chi connectivity index (χ0) is 18.1. The van der Waals surface area contributed by atoms with E-state index in [1.54, 1.807) is 11.3 Å². The maximum atomic E-state index is 11.2. The number of rotatable bonds is 4. The second-order valence-electron chi connectivity index (χ2n) is 7.16. The Hall–Kier alpha value is -2.03. The summed E-state index contributed by atoms with van der Waals surface area (Å²) in [5.74, 6) is 1.15. The van der Waals surface area contributed by atoms with E-state index < -0.39 is 0 Å². The van der Waals surface area contributed by atoms with Crippen molar-refractivity contribution < 1.29 is 4.79 Å². The lowest BCUT2D eigenvalue weighted by Gasteiger charge is -2.37. The van der Waals surface area contributed by atoms with Crippen LogP contribution in [0.4, 0.5) is 10.8 Å². The van der Waals surface area contributed by atoms with Crippen molar-refractivity contribution in [2.45, 2.75) is 38.8 Å². The molecule has 1 saturated carbocycles. The lowest BCUT2D eigenvalue weighted by atomic mass is 9.75. The van der Waals surface area contributed by atoms with Gasteiger partial charge in [-0.1, -0.05) is 30.4 Å². The van der Waals surface area contributed by atoms with Crippen molar-refractivity contribution >= 4 is 28.1 Å². The van der Waals surface area contributed by atoms with Crippen LogP contribution < -0.4 is 21.5 Å². The zero-order valence-electron chi connectivity index (χ0n) is 15.0. The lowest BCUT2D eigenvalue weighted by Crippen LogP contribution is -2.44. The Bertz CT molecular complexity index is 793. The smallest absolute Gasteiger partial charge is 0.221 e. The fourth-order valence-electron chi connectivity index (χ4n) is 4.01. The molecule has 2 heterocycles. The van der Waals surface area contributed by atoms with Gasteiger partial charge in [0.05, 0.1) is 0 Å². The number of fused-ring (bicyclic) bond motifs is 1. The van der Waals surface area contributed by atoms with Gasteiger partial charge < -0.3 is 10.6 Å². The number of carbonyl (C=O) groups is 1. The van der Waals surface area contributed by atoms with Crippen LogP contribution in [0.2, 0.25) is 0 Å². The first-order valence-corrected chi connectivity index (χ1v) is 9.88. The van der Waals surface area contributed by atoms with Crippen molar-refractivity contribution in [3.8, 4) is 10.6 Å². The van der Waals surface area contributed by atoms with Crippen LogP contribution in [0.5, 0.6) is 0 Å². The molecule has 2 aromatic rings. The van der Waals surface area contributed by atoms with Gasteiger partial charge in [0.25, 0.3) is 0 Å². The van der Waals surface area contributed by atoms with Gasteiger partial charge in [0.1, 0.15) is 5.01 Å². The van der Waals surface area contributed by atoms with Crippen molar-refractivity contribution in [2.75, 3.05) is 17.2 Å². The summed E-state index contributed by atoms with van der Waals surface area (Å²) in [5, 5.41) is 16.8. The summed E-state index contributed by atoms with van der Waals surface area (Å²) >= 11 is 1.56. The minimum Gasteiger partial charge on any atom is -0.357 e. The summed E-state index contributed by atoms with van der Waals surface area (Å²) in [6.45, 7) is 4.86. The Morgan fingerprint density at radius 1 is 1.31 bits per heavy atom. The van der Waals surface area contributed by atoms with Crippen LogP contribution in [0, 0.1) is 11.8 Å². The molecule has 1 aliphatic carbocycles. The van der Waals surface area contributed by atoms with Gasteiger partial charge in [0, 0.05) is 36.8 Å². The molecule has 2 fully saturated rings. The molecule has 0 radical (unpaired) electrons. The highest BCUT2D eigenvalue weighted by Gasteiger charge is 2.39. The monoisotopic (exact) mass is 372 g/mol. The third kappa shape index (κ3) is 3.58. The molecule has 4 unspecified atom stereocenters. The maximum absolute atomic E-state index is 11.2. The molecule has 0 spiro atoms. The highest BCUT2D eigenvalue weighted by molar-refractivity contribution is 7.18. The van der Waals surface area contributed by atoms with E-state index in [0.29, 0.717) is 23.9 Å². The van der Waals surface area contributed by atoms with Gasteiger partial charge in [0.2, 0.25) is 11.0 Å². The third-order valence-corrected chi connectivity index (χ3v) is 6.31. The molecule has 1 aromatic heterocycles. The number of nitrogens with one attached hydrogen (secondary N) is 4. The summed E-state index contributed by atoms with van der Waals surface area (Å²) in [6.07, 6.45) is 2.30. The number of hydrogen-bond acceptors (Lipinski definition) is 7. The van der Waals surface area contributed by atoms with E-state index in [4.69, 9.17) is 0 Å². The van der Waals surface area contributed by atoms with Gasteiger partial charge in [-0.2, -0.15) is 0 Å². The number of amides is 1. The van der Waals surface area contributed by atoms with E-state index in [1.807, 2.05) is 24.3 Å². The van der Waals surface area contributed by atoms with Crippen LogP contribution in [0.25, 0.3) is 10.6 Å². The Kier molecular flexibility index (Phi) is 4.88. The minimum absolute atomic E-state index is 0.0812. The lowest BCUT2D eigenvalue weighted by molar-refractivity contribution is -0.114. The molecule has 8 heteroatoms. The molecule has 138 valence electrons. The molecule has 4 atom stereocenters.